The zero-order valence-corrected chi connectivity index (χ0v) is 11.9. The maximum Gasteiger partial charge on any atom is 0.319 e. The lowest BCUT2D eigenvalue weighted by molar-refractivity contribution is -0.145. The number of rotatable bonds is 4. The fourth-order valence-corrected chi connectivity index (χ4v) is 2.69. The highest BCUT2D eigenvalue weighted by atomic mass is 16.7. The van der Waals surface area contributed by atoms with Gasteiger partial charge in [-0.15, -0.1) is 0 Å². The topological polar surface area (TPSA) is 75.7 Å². The number of ether oxygens (including phenoxy) is 2. The molecular weight excluding hydrogens is 272 g/mol. The van der Waals surface area contributed by atoms with E-state index in [-0.39, 0.29) is 11.8 Å². The van der Waals surface area contributed by atoms with Gasteiger partial charge in [0.25, 0.3) is 0 Å². The second-order valence-corrected chi connectivity index (χ2v) is 5.25. The number of carbonyl (C=O) groups is 1. The molecule has 7 heteroatoms. The molecule has 2 aliphatic heterocycles. The van der Waals surface area contributed by atoms with Gasteiger partial charge in [-0.1, -0.05) is 0 Å². The number of aromatic nitrogens is 1. The van der Waals surface area contributed by atoms with Gasteiger partial charge in [0, 0.05) is 44.1 Å². The van der Waals surface area contributed by atoms with Crippen LogP contribution in [0.4, 0.5) is 10.5 Å². The second kappa shape index (κ2) is 6.38. The molecule has 1 spiro atoms. The third-order valence-corrected chi connectivity index (χ3v) is 3.74. The van der Waals surface area contributed by atoms with Crippen LogP contribution >= 0.6 is 0 Å². The molecule has 2 aliphatic rings. The first-order valence-corrected chi connectivity index (χ1v) is 7.21. The average Bonchev–Trinajstić information content (AvgIpc) is 3.11. The molecule has 114 valence electrons. The minimum atomic E-state index is -0.390. The van der Waals surface area contributed by atoms with Gasteiger partial charge in [0.1, 0.15) is 0 Å². The Labute approximate surface area is 123 Å². The van der Waals surface area contributed by atoms with E-state index in [0.717, 1.165) is 31.7 Å². The predicted octanol–water partition coefficient (Wildman–Crippen LogP) is 0.652. The first-order chi connectivity index (χ1) is 10.3. The van der Waals surface area contributed by atoms with Crippen LogP contribution in [0, 0.1) is 0 Å². The van der Waals surface area contributed by atoms with Crippen molar-refractivity contribution < 1.29 is 14.3 Å². The van der Waals surface area contributed by atoms with Crippen molar-refractivity contribution in [2.45, 2.75) is 12.2 Å². The average molecular weight is 292 g/mol. The summed E-state index contributed by atoms with van der Waals surface area (Å²) in [5, 5.41) is 5.60. The van der Waals surface area contributed by atoms with Gasteiger partial charge < -0.3 is 20.1 Å². The molecule has 7 nitrogen and oxygen atoms in total. The number of urea groups is 1. The van der Waals surface area contributed by atoms with Gasteiger partial charge in [0.05, 0.1) is 19.8 Å². The third kappa shape index (κ3) is 3.69. The number of hydrogen-bond acceptors (Lipinski definition) is 5. The van der Waals surface area contributed by atoms with Crippen LogP contribution in [-0.4, -0.2) is 61.1 Å². The van der Waals surface area contributed by atoms with Crippen LogP contribution in [0.1, 0.15) is 6.42 Å². The zero-order chi connectivity index (χ0) is 14.5. The van der Waals surface area contributed by atoms with Crippen molar-refractivity contribution in [3.8, 4) is 0 Å². The normalized spacial score (nSPS) is 20.8. The number of nitrogens with one attached hydrogen (secondary N) is 2. The van der Waals surface area contributed by atoms with E-state index < -0.39 is 0 Å². The van der Waals surface area contributed by atoms with Crippen LogP contribution in [0.5, 0.6) is 0 Å². The van der Waals surface area contributed by atoms with Crippen LogP contribution in [0.2, 0.25) is 0 Å². The van der Waals surface area contributed by atoms with E-state index in [1.165, 1.54) is 0 Å². The van der Waals surface area contributed by atoms with Crippen molar-refractivity contribution >= 4 is 11.7 Å². The van der Waals surface area contributed by atoms with Crippen LogP contribution in [0.15, 0.2) is 24.5 Å². The molecule has 1 aromatic heterocycles. The predicted molar refractivity (Wildman–Crippen MR) is 77.0 cm³/mol. The maximum atomic E-state index is 11.7. The lowest BCUT2D eigenvalue weighted by atomic mass is 10.2. The Morgan fingerprint density at radius 2 is 2.10 bits per heavy atom. The molecule has 2 amide bonds. The molecule has 0 atom stereocenters. The van der Waals surface area contributed by atoms with Gasteiger partial charge in [0.15, 0.2) is 5.79 Å². The molecule has 0 aliphatic carbocycles. The van der Waals surface area contributed by atoms with Crippen molar-refractivity contribution in [1.82, 2.24) is 15.2 Å². The molecule has 2 fully saturated rings. The molecule has 1 aromatic rings. The van der Waals surface area contributed by atoms with E-state index in [1.54, 1.807) is 24.5 Å². The summed E-state index contributed by atoms with van der Waals surface area (Å²) in [4.78, 5) is 17.9. The van der Waals surface area contributed by atoms with E-state index in [0.29, 0.717) is 19.8 Å². The summed E-state index contributed by atoms with van der Waals surface area (Å²) in [6, 6.07) is 3.29. The molecule has 3 heterocycles. The molecular formula is C14H20N4O3. The molecule has 2 saturated heterocycles. The van der Waals surface area contributed by atoms with Gasteiger partial charge in [-0.2, -0.15) is 0 Å². The fraction of sp³-hybridized carbons (Fsp3) is 0.571. The Morgan fingerprint density at radius 3 is 2.86 bits per heavy atom. The Morgan fingerprint density at radius 1 is 1.33 bits per heavy atom. The van der Waals surface area contributed by atoms with Gasteiger partial charge in [-0.25, -0.2) is 4.79 Å². The first kappa shape index (κ1) is 14.2. The molecule has 0 radical (unpaired) electrons. The first-order valence-electron chi connectivity index (χ1n) is 7.21. The van der Waals surface area contributed by atoms with Crippen molar-refractivity contribution in [2.75, 3.05) is 44.7 Å². The van der Waals surface area contributed by atoms with Crippen molar-refractivity contribution in [3.05, 3.63) is 24.5 Å². The number of amides is 2. The number of anilines is 1. The minimum Gasteiger partial charge on any atom is -0.346 e. The van der Waals surface area contributed by atoms with E-state index in [1.807, 2.05) is 0 Å². The highest BCUT2D eigenvalue weighted by molar-refractivity contribution is 5.89. The SMILES string of the molecule is O=C(NCCN1CCC2(C1)OCCO2)Nc1ccncc1. The summed E-state index contributed by atoms with van der Waals surface area (Å²) in [7, 11) is 0. The summed E-state index contributed by atoms with van der Waals surface area (Å²) in [5.41, 5.74) is 0.732. The third-order valence-electron chi connectivity index (χ3n) is 3.74. The number of carbonyl (C=O) groups excluding carboxylic acids is 1. The fourth-order valence-electron chi connectivity index (χ4n) is 2.69. The number of pyridine rings is 1. The Bertz CT molecular complexity index is 476. The van der Waals surface area contributed by atoms with Crippen molar-refractivity contribution in [3.63, 3.8) is 0 Å². The molecule has 21 heavy (non-hydrogen) atoms. The summed E-state index contributed by atoms with van der Waals surface area (Å²) in [5.74, 6) is -0.390. The highest BCUT2D eigenvalue weighted by Gasteiger charge is 2.42. The van der Waals surface area contributed by atoms with E-state index in [4.69, 9.17) is 9.47 Å². The standard InChI is InChI=1S/C14H20N4O3/c19-13(17-12-1-4-15-5-2-12)16-6-8-18-7-3-14(11-18)20-9-10-21-14/h1-2,4-5H,3,6-11H2,(H2,15,16,17,19). The molecule has 0 saturated carbocycles. The Kier molecular flexibility index (Phi) is 4.33. The second-order valence-electron chi connectivity index (χ2n) is 5.25. The summed E-state index contributed by atoms with van der Waals surface area (Å²) < 4.78 is 11.3. The Hall–Kier alpha value is -1.70. The van der Waals surface area contributed by atoms with Crippen molar-refractivity contribution in [2.24, 2.45) is 0 Å². The molecule has 0 unspecified atom stereocenters. The van der Waals surface area contributed by atoms with E-state index in [2.05, 4.69) is 20.5 Å². The zero-order valence-electron chi connectivity index (χ0n) is 11.9. The number of nitrogens with zero attached hydrogens (tertiary/aromatic N) is 2. The van der Waals surface area contributed by atoms with Gasteiger partial charge >= 0.3 is 6.03 Å². The number of hydrogen-bond donors (Lipinski definition) is 2. The van der Waals surface area contributed by atoms with Crippen LogP contribution in [0.3, 0.4) is 0 Å². The smallest absolute Gasteiger partial charge is 0.319 e. The molecule has 0 aromatic carbocycles. The highest BCUT2D eigenvalue weighted by Crippen LogP contribution is 2.29. The van der Waals surface area contributed by atoms with E-state index >= 15 is 0 Å². The minimum absolute atomic E-state index is 0.205. The summed E-state index contributed by atoms with van der Waals surface area (Å²) in [6.07, 6.45) is 4.18. The van der Waals surface area contributed by atoms with Crippen LogP contribution < -0.4 is 10.6 Å². The largest absolute Gasteiger partial charge is 0.346 e. The van der Waals surface area contributed by atoms with Crippen LogP contribution in [0.25, 0.3) is 0 Å². The lowest BCUT2D eigenvalue weighted by Gasteiger charge is -2.22. The van der Waals surface area contributed by atoms with Crippen molar-refractivity contribution in [1.29, 1.82) is 0 Å². The van der Waals surface area contributed by atoms with Crippen LogP contribution in [-0.2, 0) is 9.47 Å². The van der Waals surface area contributed by atoms with Gasteiger partial charge in [0.2, 0.25) is 0 Å². The van der Waals surface area contributed by atoms with Gasteiger partial charge in [-0.05, 0) is 12.1 Å². The van der Waals surface area contributed by atoms with Gasteiger partial charge in [-0.3, -0.25) is 9.88 Å². The molecule has 3 rings (SSSR count). The summed E-state index contributed by atoms with van der Waals surface area (Å²) >= 11 is 0. The van der Waals surface area contributed by atoms with E-state index in [9.17, 15) is 4.79 Å². The monoisotopic (exact) mass is 292 g/mol. The molecule has 2 N–H and O–H groups in total. The molecule has 0 bridgehead atoms. The number of likely N-dealkylation sites (tertiary alicyclic amines) is 1. The Balaban J connectivity index is 1.36. The quantitative estimate of drug-likeness (QED) is 0.852. The maximum absolute atomic E-state index is 11.7. The lowest BCUT2D eigenvalue weighted by Crippen LogP contribution is -2.39. The summed E-state index contributed by atoms with van der Waals surface area (Å²) in [6.45, 7) is 4.46.